The van der Waals surface area contributed by atoms with E-state index in [2.05, 4.69) is 51.7 Å². The average Bonchev–Trinajstić information content (AvgIpc) is 2.92. The first-order valence-electron chi connectivity index (χ1n) is 6.70. The summed E-state index contributed by atoms with van der Waals surface area (Å²) in [5, 5.41) is 11.4. The molecule has 0 unspecified atom stereocenters. The summed E-state index contributed by atoms with van der Waals surface area (Å²) in [6.45, 7) is 4.92. The van der Waals surface area contributed by atoms with Gasteiger partial charge in [0.05, 0.1) is 0 Å². The molecule has 0 bridgehead atoms. The maximum Gasteiger partial charge on any atom is 0.256 e. The molecule has 0 fully saturated rings. The van der Waals surface area contributed by atoms with Crippen molar-refractivity contribution in [1.82, 2.24) is 19.6 Å². The Balaban J connectivity index is 1.80. The van der Waals surface area contributed by atoms with Crippen molar-refractivity contribution in [2.75, 3.05) is 11.9 Å². The van der Waals surface area contributed by atoms with Gasteiger partial charge in [-0.25, -0.2) is 4.98 Å². The predicted molar refractivity (Wildman–Crippen MR) is 78.9 cm³/mol. The van der Waals surface area contributed by atoms with Gasteiger partial charge in [0.1, 0.15) is 12.1 Å². The number of hydrogen-bond acceptors (Lipinski definition) is 4. The van der Waals surface area contributed by atoms with Gasteiger partial charge in [-0.05, 0) is 25.8 Å². The van der Waals surface area contributed by atoms with E-state index in [9.17, 15) is 0 Å². The SMILES string of the molecule is Cc1nc2nncn2c(NCCc2ccccc2)c1C. The third kappa shape index (κ3) is 2.34. The minimum atomic E-state index is 0.635. The molecule has 3 rings (SSSR count). The number of benzene rings is 1. The van der Waals surface area contributed by atoms with Gasteiger partial charge in [-0.2, -0.15) is 0 Å². The largest absolute Gasteiger partial charge is 0.370 e. The molecular weight excluding hydrogens is 250 g/mol. The van der Waals surface area contributed by atoms with Crippen molar-refractivity contribution in [2.24, 2.45) is 0 Å². The zero-order valence-corrected chi connectivity index (χ0v) is 11.7. The lowest BCUT2D eigenvalue weighted by atomic mass is 10.1. The fourth-order valence-corrected chi connectivity index (χ4v) is 2.24. The molecule has 0 saturated carbocycles. The molecule has 5 heteroatoms. The Labute approximate surface area is 117 Å². The van der Waals surface area contributed by atoms with Gasteiger partial charge in [0.25, 0.3) is 5.78 Å². The molecule has 0 aliphatic heterocycles. The van der Waals surface area contributed by atoms with Crippen molar-refractivity contribution in [3.63, 3.8) is 0 Å². The highest BCUT2D eigenvalue weighted by molar-refractivity contribution is 5.52. The summed E-state index contributed by atoms with van der Waals surface area (Å²) in [7, 11) is 0. The van der Waals surface area contributed by atoms with Crippen LogP contribution in [0.2, 0.25) is 0 Å². The number of aryl methyl sites for hydroxylation is 1. The van der Waals surface area contributed by atoms with Crippen LogP contribution in [0.4, 0.5) is 5.82 Å². The maximum absolute atomic E-state index is 4.41. The summed E-state index contributed by atoms with van der Waals surface area (Å²) in [6.07, 6.45) is 2.67. The Hall–Kier alpha value is -2.43. The number of hydrogen-bond donors (Lipinski definition) is 1. The van der Waals surface area contributed by atoms with E-state index in [0.717, 1.165) is 30.0 Å². The molecule has 0 atom stereocenters. The first-order chi connectivity index (χ1) is 9.75. The topological polar surface area (TPSA) is 55.1 Å². The Morgan fingerprint density at radius 3 is 2.75 bits per heavy atom. The van der Waals surface area contributed by atoms with Crippen LogP contribution in [0.25, 0.3) is 5.78 Å². The number of anilines is 1. The van der Waals surface area contributed by atoms with Crippen LogP contribution in [0.15, 0.2) is 36.7 Å². The van der Waals surface area contributed by atoms with Crippen molar-refractivity contribution in [1.29, 1.82) is 0 Å². The van der Waals surface area contributed by atoms with Crippen molar-refractivity contribution in [3.05, 3.63) is 53.5 Å². The summed E-state index contributed by atoms with van der Waals surface area (Å²) in [5.74, 6) is 1.66. The molecule has 2 aromatic heterocycles. The Morgan fingerprint density at radius 1 is 1.15 bits per heavy atom. The number of nitrogens with zero attached hydrogens (tertiary/aromatic N) is 4. The fourth-order valence-electron chi connectivity index (χ4n) is 2.24. The quantitative estimate of drug-likeness (QED) is 0.788. The van der Waals surface area contributed by atoms with Gasteiger partial charge < -0.3 is 5.32 Å². The van der Waals surface area contributed by atoms with E-state index in [1.807, 2.05) is 17.4 Å². The molecule has 102 valence electrons. The van der Waals surface area contributed by atoms with Crippen LogP contribution in [0.5, 0.6) is 0 Å². The van der Waals surface area contributed by atoms with Crippen LogP contribution in [0, 0.1) is 13.8 Å². The first kappa shape index (κ1) is 12.6. The first-order valence-corrected chi connectivity index (χ1v) is 6.70. The maximum atomic E-state index is 4.41. The lowest BCUT2D eigenvalue weighted by molar-refractivity contribution is 0.965. The molecule has 20 heavy (non-hydrogen) atoms. The van der Waals surface area contributed by atoms with Gasteiger partial charge >= 0.3 is 0 Å². The number of fused-ring (bicyclic) bond motifs is 1. The van der Waals surface area contributed by atoms with Crippen LogP contribution >= 0.6 is 0 Å². The third-order valence-electron chi connectivity index (χ3n) is 3.49. The van der Waals surface area contributed by atoms with E-state index in [0.29, 0.717) is 5.78 Å². The third-order valence-corrected chi connectivity index (χ3v) is 3.49. The second-order valence-electron chi connectivity index (χ2n) is 4.83. The van der Waals surface area contributed by atoms with Crippen molar-refractivity contribution in [2.45, 2.75) is 20.3 Å². The van der Waals surface area contributed by atoms with Crippen molar-refractivity contribution >= 4 is 11.6 Å². The summed E-state index contributed by atoms with van der Waals surface area (Å²) in [6, 6.07) is 10.4. The zero-order valence-electron chi connectivity index (χ0n) is 11.7. The summed E-state index contributed by atoms with van der Waals surface area (Å²) in [4.78, 5) is 4.41. The predicted octanol–water partition coefficient (Wildman–Crippen LogP) is 2.40. The van der Waals surface area contributed by atoms with E-state index in [-0.39, 0.29) is 0 Å². The molecular formula is C15H17N5. The normalized spacial score (nSPS) is 10.9. The van der Waals surface area contributed by atoms with Gasteiger partial charge in [0.2, 0.25) is 0 Å². The Morgan fingerprint density at radius 2 is 1.95 bits per heavy atom. The van der Waals surface area contributed by atoms with Crippen LogP contribution in [-0.2, 0) is 6.42 Å². The Bertz CT molecular complexity index is 718. The standard InChI is InChI=1S/C15H17N5/c1-11-12(2)18-15-19-17-10-20(15)14(11)16-9-8-13-6-4-3-5-7-13/h3-7,10,16H,8-9H2,1-2H3. The lowest BCUT2D eigenvalue weighted by Gasteiger charge is -2.13. The molecule has 0 saturated heterocycles. The Kier molecular flexibility index (Phi) is 3.33. The van der Waals surface area contributed by atoms with Crippen molar-refractivity contribution < 1.29 is 0 Å². The number of aromatic nitrogens is 4. The lowest BCUT2D eigenvalue weighted by Crippen LogP contribution is -2.11. The molecule has 0 radical (unpaired) electrons. The molecule has 2 heterocycles. The average molecular weight is 267 g/mol. The molecule has 1 N–H and O–H groups in total. The molecule has 5 nitrogen and oxygen atoms in total. The highest BCUT2D eigenvalue weighted by Crippen LogP contribution is 2.18. The van der Waals surface area contributed by atoms with E-state index in [4.69, 9.17) is 0 Å². The van der Waals surface area contributed by atoms with Crippen LogP contribution in [-0.4, -0.2) is 26.1 Å². The molecule has 1 aromatic carbocycles. The van der Waals surface area contributed by atoms with Crippen molar-refractivity contribution in [3.8, 4) is 0 Å². The van der Waals surface area contributed by atoms with Gasteiger partial charge in [-0.1, -0.05) is 30.3 Å². The van der Waals surface area contributed by atoms with Gasteiger partial charge in [-0.15, -0.1) is 10.2 Å². The number of rotatable bonds is 4. The molecule has 3 aromatic rings. The highest BCUT2D eigenvalue weighted by atomic mass is 15.3. The highest BCUT2D eigenvalue weighted by Gasteiger charge is 2.09. The monoisotopic (exact) mass is 267 g/mol. The van der Waals surface area contributed by atoms with Gasteiger partial charge in [0, 0.05) is 17.8 Å². The molecule has 0 aliphatic carbocycles. The van der Waals surface area contributed by atoms with E-state index < -0.39 is 0 Å². The smallest absolute Gasteiger partial charge is 0.256 e. The summed E-state index contributed by atoms with van der Waals surface area (Å²) in [5.41, 5.74) is 3.43. The minimum Gasteiger partial charge on any atom is -0.370 e. The van der Waals surface area contributed by atoms with E-state index >= 15 is 0 Å². The second kappa shape index (κ2) is 5.28. The summed E-state index contributed by atoms with van der Waals surface area (Å²) < 4.78 is 1.90. The minimum absolute atomic E-state index is 0.635. The van der Waals surface area contributed by atoms with Crippen LogP contribution in [0.1, 0.15) is 16.8 Å². The molecule has 0 aliphatic rings. The van der Waals surface area contributed by atoms with E-state index in [1.165, 1.54) is 5.56 Å². The fraction of sp³-hybridized carbons (Fsp3) is 0.267. The summed E-state index contributed by atoms with van der Waals surface area (Å²) >= 11 is 0. The number of nitrogens with one attached hydrogen (secondary N) is 1. The van der Waals surface area contributed by atoms with Crippen LogP contribution in [0.3, 0.4) is 0 Å². The second-order valence-corrected chi connectivity index (χ2v) is 4.83. The van der Waals surface area contributed by atoms with Gasteiger partial charge in [-0.3, -0.25) is 4.40 Å². The molecule has 0 spiro atoms. The van der Waals surface area contributed by atoms with Gasteiger partial charge in [0.15, 0.2) is 0 Å². The van der Waals surface area contributed by atoms with E-state index in [1.54, 1.807) is 6.33 Å². The van der Waals surface area contributed by atoms with Crippen LogP contribution < -0.4 is 5.32 Å². The molecule has 0 amide bonds. The zero-order chi connectivity index (χ0) is 13.9.